The van der Waals surface area contributed by atoms with Gasteiger partial charge in [0.1, 0.15) is 0 Å². The highest BCUT2D eigenvalue weighted by atomic mass is 35.5. The van der Waals surface area contributed by atoms with Gasteiger partial charge >= 0.3 is 0 Å². The maximum Gasteiger partial charge on any atom is 0.240 e. The van der Waals surface area contributed by atoms with E-state index < -0.39 is 6.04 Å². The van der Waals surface area contributed by atoms with Gasteiger partial charge in [-0.15, -0.1) is 12.4 Å². The van der Waals surface area contributed by atoms with Crippen LogP contribution in [0.2, 0.25) is 0 Å². The van der Waals surface area contributed by atoms with Crippen LogP contribution in [-0.4, -0.2) is 53.8 Å². The Bertz CT molecular complexity index is 586. The van der Waals surface area contributed by atoms with Gasteiger partial charge in [-0.1, -0.05) is 51.1 Å². The summed E-state index contributed by atoms with van der Waals surface area (Å²) in [7, 11) is 0. The van der Waals surface area contributed by atoms with Gasteiger partial charge in [-0.2, -0.15) is 0 Å². The summed E-state index contributed by atoms with van der Waals surface area (Å²) < 4.78 is 0. The first-order valence-corrected chi connectivity index (χ1v) is 9.15. The molecule has 2 N–H and O–H groups in total. The second-order valence-electron chi connectivity index (χ2n) is 7.89. The van der Waals surface area contributed by atoms with Crippen LogP contribution < -0.4 is 5.73 Å². The molecule has 1 heterocycles. The molecule has 1 aromatic rings. The van der Waals surface area contributed by atoms with E-state index in [1.54, 1.807) is 0 Å². The number of carbonyl (C=O) groups is 2. The second-order valence-corrected chi connectivity index (χ2v) is 7.89. The van der Waals surface area contributed by atoms with Crippen molar-refractivity contribution >= 4 is 24.2 Å². The van der Waals surface area contributed by atoms with Gasteiger partial charge in [0.2, 0.25) is 11.8 Å². The number of aryl methyl sites for hydroxylation is 1. The average molecular weight is 382 g/mol. The van der Waals surface area contributed by atoms with Crippen molar-refractivity contribution in [3.05, 3.63) is 35.9 Å². The van der Waals surface area contributed by atoms with Crippen molar-refractivity contribution in [2.75, 3.05) is 26.2 Å². The molecule has 1 aliphatic heterocycles. The van der Waals surface area contributed by atoms with E-state index >= 15 is 0 Å². The largest absolute Gasteiger partial charge is 0.341 e. The predicted molar refractivity (Wildman–Crippen MR) is 107 cm³/mol. The number of nitrogens with zero attached hydrogens (tertiary/aromatic N) is 2. The molecule has 0 bridgehead atoms. The zero-order valence-corrected chi connectivity index (χ0v) is 16.9. The summed E-state index contributed by atoms with van der Waals surface area (Å²) in [6, 6.07) is 9.55. The Labute approximate surface area is 163 Å². The fourth-order valence-corrected chi connectivity index (χ4v) is 3.01. The Morgan fingerprint density at radius 2 is 1.62 bits per heavy atom. The highest BCUT2D eigenvalue weighted by Gasteiger charge is 2.32. The van der Waals surface area contributed by atoms with Crippen LogP contribution in [0.5, 0.6) is 0 Å². The molecule has 2 rings (SSSR count). The number of hydrogen-bond donors (Lipinski definition) is 1. The topological polar surface area (TPSA) is 66.6 Å². The van der Waals surface area contributed by atoms with Crippen molar-refractivity contribution < 1.29 is 9.59 Å². The molecule has 0 aromatic heterocycles. The zero-order chi connectivity index (χ0) is 18.4. The van der Waals surface area contributed by atoms with Gasteiger partial charge in [0, 0.05) is 32.6 Å². The Balaban J connectivity index is 0.00000338. The van der Waals surface area contributed by atoms with Crippen LogP contribution in [0.25, 0.3) is 0 Å². The lowest BCUT2D eigenvalue weighted by atomic mass is 9.86. The Kier molecular flexibility index (Phi) is 8.57. The van der Waals surface area contributed by atoms with E-state index in [9.17, 15) is 9.59 Å². The van der Waals surface area contributed by atoms with Crippen molar-refractivity contribution in [3.63, 3.8) is 0 Å². The fourth-order valence-electron chi connectivity index (χ4n) is 3.01. The minimum Gasteiger partial charge on any atom is -0.341 e. The van der Waals surface area contributed by atoms with Crippen LogP contribution in [-0.2, 0) is 16.0 Å². The smallest absolute Gasteiger partial charge is 0.240 e. The van der Waals surface area contributed by atoms with Crippen LogP contribution in [0, 0.1) is 5.41 Å². The number of rotatable bonds is 4. The van der Waals surface area contributed by atoms with Crippen LogP contribution in [0.1, 0.15) is 39.2 Å². The molecule has 2 amide bonds. The molecular weight excluding hydrogens is 350 g/mol. The Hall–Kier alpha value is -1.59. The minimum atomic E-state index is -0.507. The first kappa shape index (κ1) is 22.5. The Morgan fingerprint density at radius 1 is 1.04 bits per heavy atom. The highest BCUT2D eigenvalue weighted by molar-refractivity contribution is 5.85. The summed E-state index contributed by atoms with van der Waals surface area (Å²) in [5, 5.41) is 0. The average Bonchev–Trinajstić information content (AvgIpc) is 2.84. The zero-order valence-electron chi connectivity index (χ0n) is 16.1. The lowest BCUT2D eigenvalue weighted by molar-refractivity contribution is -0.136. The van der Waals surface area contributed by atoms with Crippen LogP contribution in [0.3, 0.4) is 0 Å². The third kappa shape index (κ3) is 6.29. The monoisotopic (exact) mass is 381 g/mol. The lowest BCUT2D eigenvalue weighted by Crippen LogP contribution is -2.51. The van der Waals surface area contributed by atoms with E-state index in [0.717, 1.165) is 12.8 Å². The molecule has 1 atom stereocenters. The summed E-state index contributed by atoms with van der Waals surface area (Å²) in [5.74, 6) is 0.157. The Morgan fingerprint density at radius 3 is 2.23 bits per heavy atom. The van der Waals surface area contributed by atoms with Crippen molar-refractivity contribution in [1.29, 1.82) is 0 Å². The summed E-state index contributed by atoms with van der Waals surface area (Å²) in [6.45, 7) is 8.48. The number of carbonyl (C=O) groups excluding carboxylic acids is 2. The second kappa shape index (κ2) is 9.93. The summed E-state index contributed by atoms with van der Waals surface area (Å²) in [4.78, 5) is 28.8. The van der Waals surface area contributed by atoms with E-state index in [1.165, 1.54) is 5.56 Å². The number of halogens is 1. The molecule has 0 aliphatic carbocycles. The van der Waals surface area contributed by atoms with Crippen molar-refractivity contribution in [2.45, 2.75) is 46.1 Å². The van der Waals surface area contributed by atoms with Gasteiger partial charge in [0.15, 0.2) is 0 Å². The van der Waals surface area contributed by atoms with Gasteiger partial charge in [0.05, 0.1) is 6.04 Å². The minimum absolute atomic E-state index is 0. The molecule has 1 aromatic carbocycles. The molecule has 1 fully saturated rings. The van der Waals surface area contributed by atoms with Crippen molar-refractivity contribution in [1.82, 2.24) is 9.80 Å². The first-order valence-electron chi connectivity index (χ1n) is 9.15. The number of amides is 2. The maximum atomic E-state index is 12.6. The molecule has 0 unspecified atom stereocenters. The van der Waals surface area contributed by atoms with E-state index in [4.69, 9.17) is 5.73 Å². The van der Waals surface area contributed by atoms with Gasteiger partial charge in [-0.25, -0.2) is 0 Å². The van der Waals surface area contributed by atoms with Crippen molar-refractivity contribution in [2.24, 2.45) is 11.1 Å². The molecule has 146 valence electrons. The molecule has 0 spiro atoms. The third-order valence-electron chi connectivity index (χ3n) is 4.83. The summed E-state index contributed by atoms with van der Waals surface area (Å²) in [5.41, 5.74) is 7.03. The quantitative estimate of drug-likeness (QED) is 0.871. The lowest BCUT2D eigenvalue weighted by Gasteiger charge is -2.31. The van der Waals surface area contributed by atoms with E-state index in [1.807, 2.05) is 60.9 Å². The molecule has 0 saturated carbocycles. The standard InChI is InChI=1S/C20H31N3O2.ClH/c1-20(2,3)18(21)19(25)23-13-7-12-22(14-15-23)17(24)11-10-16-8-5-4-6-9-16;/h4-6,8-9,18H,7,10-15,21H2,1-3H3;1H/t18-;/m1./s1. The highest BCUT2D eigenvalue weighted by Crippen LogP contribution is 2.20. The van der Waals surface area contributed by atoms with E-state index in [-0.39, 0.29) is 29.6 Å². The summed E-state index contributed by atoms with van der Waals surface area (Å²) >= 11 is 0. The van der Waals surface area contributed by atoms with Gasteiger partial charge in [-0.3, -0.25) is 9.59 Å². The van der Waals surface area contributed by atoms with Crippen LogP contribution in [0.4, 0.5) is 0 Å². The predicted octanol–water partition coefficient (Wildman–Crippen LogP) is 2.48. The van der Waals surface area contributed by atoms with Gasteiger partial charge in [0.25, 0.3) is 0 Å². The molecule has 6 heteroatoms. The molecule has 26 heavy (non-hydrogen) atoms. The molecule has 5 nitrogen and oxygen atoms in total. The molecule has 0 radical (unpaired) electrons. The van der Waals surface area contributed by atoms with Crippen LogP contribution in [0.15, 0.2) is 30.3 Å². The molecular formula is C20H32ClN3O2. The van der Waals surface area contributed by atoms with Gasteiger partial charge in [-0.05, 0) is 23.8 Å². The van der Waals surface area contributed by atoms with Gasteiger partial charge < -0.3 is 15.5 Å². The maximum absolute atomic E-state index is 12.6. The molecule has 1 aliphatic rings. The molecule has 1 saturated heterocycles. The normalized spacial score (nSPS) is 16.5. The number of benzene rings is 1. The summed E-state index contributed by atoms with van der Waals surface area (Å²) in [6.07, 6.45) is 2.08. The van der Waals surface area contributed by atoms with E-state index in [2.05, 4.69) is 0 Å². The van der Waals surface area contributed by atoms with Crippen molar-refractivity contribution in [3.8, 4) is 0 Å². The number of nitrogens with two attached hydrogens (primary N) is 1. The third-order valence-corrected chi connectivity index (χ3v) is 4.83. The first-order chi connectivity index (χ1) is 11.8. The van der Waals surface area contributed by atoms with E-state index in [0.29, 0.717) is 32.6 Å². The number of hydrogen-bond acceptors (Lipinski definition) is 3. The van der Waals surface area contributed by atoms with Crippen LogP contribution >= 0.6 is 12.4 Å². The fraction of sp³-hybridized carbons (Fsp3) is 0.600. The SMILES string of the molecule is CC(C)(C)[C@H](N)C(=O)N1CCCN(C(=O)CCc2ccccc2)CC1.Cl.